The van der Waals surface area contributed by atoms with E-state index in [1.165, 1.54) is 17.7 Å². The summed E-state index contributed by atoms with van der Waals surface area (Å²) in [4.78, 5) is 38.4. The molecule has 158 valence electrons. The van der Waals surface area contributed by atoms with Crippen molar-refractivity contribution in [2.45, 2.75) is 51.1 Å². The van der Waals surface area contributed by atoms with E-state index in [2.05, 4.69) is 5.32 Å². The molecule has 6 heteroatoms. The summed E-state index contributed by atoms with van der Waals surface area (Å²) >= 11 is 0. The van der Waals surface area contributed by atoms with E-state index in [1.54, 1.807) is 6.20 Å². The van der Waals surface area contributed by atoms with Gasteiger partial charge < -0.3 is 15.6 Å². The number of Topliss-reactive ketones (excluding diaryl/α,β-unsaturated/α-hetero) is 1. The van der Waals surface area contributed by atoms with Gasteiger partial charge >= 0.3 is 0 Å². The Labute approximate surface area is 176 Å². The number of carbonyl (C=O) groups is 2. The van der Waals surface area contributed by atoms with Crippen molar-refractivity contribution in [3.05, 3.63) is 69.6 Å². The average molecular weight is 408 g/mol. The number of amides is 1. The zero-order chi connectivity index (χ0) is 21.5. The Hall–Kier alpha value is -2.73. The topological polar surface area (TPSA) is 94.2 Å². The summed E-state index contributed by atoms with van der Waals surface area (Å²) in [7, 11) is 1.48. The molecule has 6 nitrogen and oxygen atoms in total. The highest BCUT2D eigenvalue weighted by atomic mass is 16.2. The van der Waals surface area contributed by atoms with Crippen molar-refractivity contribution in [1.82, 2.24) is 9.88 Å². The van der Waals surface area contributed by atoms with Crippen LogP contribution < -0.4 is 16.6 Å². The van der Waals surface area contributed by atoms with Crippen molar-refractivity contribution >= 4 is 11.7 Å². The largest absolute Gasteiger partial charge is 0.355 e. The van der Waals surface area contributed by atoms with Crippen LogP contribution in [-0.2, 0) is 0 Å². The molecule has 3 N–H and O–H groups in total. The number of nitrogens with two attached hydrogens (primary N) is 1. The van der Waals surface area contributed by atoms with Gasteiger partial charge in [0, 0.05) is 31.3 Å². The Bertz CT molecular complexity index is 1010. The second-order valence-electron chi connectivity index (χ2n) is 9.09. The molecule has 2 aliphatic rings. The van der Waals surface area contributed by atoms with Crippen LogP contribution >= 0.6 is 0 Å². The molecule has 1 amide bonds. The van der Waals surface area contributed by atoms with Gasteiger partial charge in [-0.25, -0.2) is 0 Å². The number of pyridine rings is 1. The van der Waals surface area contributed by atoms with E-state index in [9.17, 15) is 14.4 Å². The number of benzene rings is 1. The molecule has 4 rings (SSSR count). The first-order chi connectivity index (χ1) is 14.3. The minimum Gasteiger partial charge on any atom is -0.355 e. The molecule has 1 heterocycles. The van der Waals surface area contributed by atoms with Crippen molar-refractivity contribution in [3.63, 3.8) is 0 Å². The van der Waals surface area contributed by atoms with Gasteiger partial charge in [-0.15, -0.1) is 0 Å². The Balaban J connectivity index is 1.60. The number of hydrogen-bond acceptors (Lipinski definition) is 4. The highest BCUT2D eigenvalue weighted by Gasteiger charge is 2.51. The fourth-order valence-electron chi connectivity index (χ4n) is 5.31. The van der Waals surface area contributed by atoms with Gasteiger partial charge in [-0.05, 0) is 55.6 Å². The number of nitrogens with one attached hydrogen (secondary N) is 1. The lowest BCUT2D eigenvalue weighted by Gasteiger charge is -2.57. The first-order valence-electron chi connectivity index (χ1n) is 10.6. The highest BCUT2D eigenvalue weighted by molar-refractivity contribution is 6.00. The SMILES string of the molecule is CNC(=O)c1cc(C(=O)CC2CC3(CC(N)C3)C2)cn([C@H](C)c2ccccc2)c1=O. The number of rotatable bonds is 6. The van der Waals surface area contributed by atoms with E-state index < -0.39 is 11.5 Å². The van der Waals surface area contributed by atoms with E-state index in [0.29, 0.717) is 29.4 Å². The molecule has 2 aromatic rings. The summed E-state index contributed by atoms with van der Waals surface area (Å²) in [5.74, 6) is -0.132. The Kier molecular flexibility index (Phi) is 5.36. The maximum atomic E-state index is 13.0. The van der Waals surface area contributed by atoms with Crippen LogP contribution in [0.3, 0.4) is 0 Å². The van der Waals surface area contributed by atoms with Crippen LogP contribution in [0, 0.1) is 11.3 Å². The Morgan fingerprint density at radius 1 is 1.20 bits per heavy atom. The lowest BCUT2D eigenvalue weighted by molar-refractivity contribution is -0.0388. The van der Waals surface area contributed by atoms with E-state index >= 15 is 0 Å². The van der Waals surface area contributed by atoms with E-state index in [4.69, 9.17) is 5.73 Å². The van der Waals surface area contributed by atoms with Crippen molar-refractivity contribution < 1.29 is 9.59 Å². The van der Waals surface area contributed by atoms with Gasteiger partial charge in [-0.1, -0.05) is 30.3 Å². The van der Waals surface area contributed by atoms with Crippen LogP contribution in [0.15, 0.2) is 47.4 Å². The molecule has 1 aromatic heterocycles. The number of carbonyl (C=O) groups excluding carboxylic acids is 2. The van der Waals surface area contributed by atoms with Crippen molar-refractivity contribution in [1.29, 1.82) is 0 Å². The van der Waals surface area contributed by atoms with Crippen molar-refractivity contribution in [3.8, 4) is 0 Å². The van der Waals surface area contributed by atoms with E-state index in [-0.39, 0.29) is 17.4 Å². The number of hydrogen-bond donors (Lipinski definition) is 2. The smallest absolute Gasteiger partial charge is 0.263 e. The second kappa shape index (κ2) is 7.84. The van der Waals surface area contributed by atoms with Gasteiger partial charge in [0.15, 0.2) is 5.78 Å². The third kappa shape index (κ3) is 3.72. The van der Waals surface area contributed by atoms with Gasteiger partial charge in [0.1, 0.15) is 5.56 Å². The lowest BCUT2D eigenvalue weighted by Crippen LogP contribution is -2.53. The molecule has 1 aromatic carbocycles. The quantitative estimate of drug-likeness (QED) is 0.720. The molecular weight excluding hydrogens is 378 g/mol. The normalized spacial score (nSPS) is 25.8. The van der Waals surface area contributed by atoms with Crippen LogP contribution in [0.4, 0.5) is 0 Å². The molecule has 2 aliphatic carbocycles. The average Bonchev–Trinajstić information content (AvgIpc) is 2.70. The zero-order valence-electron chi connectivity index (χ0n) is 17.6. The predicted molar refractivity (Wildman–Crippen MR) is 116 cm³/mol. The molecule has 2 fully saturated rings. The standard InChI is InChI=1S/C24H29N3O3/c1-15(17-6-4-3-5-7-17)27-14-18(9-20(23(27)30)22(29)26-2)21(28)8-16-10-24(11-16)12-19(25)13-24/h3-7,9,14-16,19H,8,10-13,25H2,1-2H3,(H,26,29)/t15-,16?,19?,24?/m1/s1. The van der Waals surface area contributed by atoms with E-state index in [1.807, 2.05) is 37.3 Å². The molecule has 0 unspecified atom stereocenters. The first-order valence-corrected chi connectivity index (χ1v) is 10.6. The van der Waals surface area contributed by atoms with Crippen molar-refractivity contribution in [2.75, 3.05) is 7.05 Å². The fourth-order valence-corrected chi connectivity index (χ4v) is 5.31. The lowest BCUT2D eigenvalue weighted by atomic mass is 9.49. The summed E-state index contributed by atoms with van der Waals surface area (Å²) in [5, 5.41) is 2.51. The fraction of sp³-hybridized carbons (Fsp3) is 0.458. The molecule has 0 saturated heterocycles. The van der Waals surface area contributed by atoms with Gasteiger partial charge in [-0.3, -0.25) is 14.4 Å². The summed E-state index contributed by atoms with van der Waals surface area (Å²) in [6.45, 7) is 1.90. The van der Waals surface area contributed by atoms with Crippen molar-refractivity contribution in [2.24, 2.45) is 17.1 Å². The third-order valence-electron chi connectivity index (χ3n) is 6.84. The molecule has 0 aliphatic heterocycles. The minimum atomic E-state index is -0.477. The number of aromatic nitrogens is 1. The van der Waals surface area contributed by atoms with Gasteiger partial charge in [-0.2, -0.15) is 0 Å². The van der Waals surface area contributed by atoms with E-state index in [0.717, 1.165) is 31.2 Å². The van der Waals surface area contributed by atoms with Crippen LogP contribution in [0.25, 0.3) is 0 Å². The van der Waals surface area contributed by atoms with Crippen LogP contribution in [0.2, 0.25) is 0 Å². The first kappa shape index (κ1) is 20.5. The van der Waals surface area contributed by atoms with Gasteiger partial charge in [0.05, 0.1) is 6.04 Å². The summed E-state index contributed by atoms with van der Waals surface area (Å²) < 4.78 is 1.50. The molecule has 30 heavy (non-hydrogen) atoms. The molecule has 0 bridgehead atoms. The second-order valence-corrected chi connectivity index (χ2v) is 9.09. The number of ketones is 1. The zero-order valence-corrected chi connectivity index (χ0v) is 17.6. The summed E-state index contributed by atoms with van der Waals surface area (Å²) in [5.41, 5.74) is 7.27. The monoisotopic (exact) mass is 407 g/mol. The maximum Gasteiger partial charge on any atom is 0.263 e. The number of nitrogens with zero attached hydrogens (tertiary/aromatic N) is 1. The van der Waals surface area contributed by atoms with Gasteiger partial charge in [0.25, 0.3) is 11.5 Å². The van der Waals surface area contributed by atoms with Crippen LogP contribution in [-0.4, -0.2) is 29.3 Å². The Morgan fingerprint density at radius 3 is 2.47 bits per heavy atom. The van der Waals surface area contributed by atoms with Crippen LogP contribution in [0.5, 0.6) is 0 Å². The maximum absolute atomic E-state index is 13.0. The highest BCUT2D eigenvalue weighted by Crippen LogP contribution is 2.59. The van der Waals surface area contributed by atoms with Gasteiger partial charge in [0.2, 0.25) is 0 Å². The third-order valence-corrected chi connectivity index (χ3v) is 6.84. The molecular formula is C24H29N3O3. The molecule has 2 saturated carbocycles. The Morgan fingerprint density at radius 2 is 1.87 bits per heavy atom. The predicted octanol–water partition coefficient (Wildman–Crippen LogP) is 2.91. The molecule has 0 radical (unpaired) electrons. The summed E-state index contributed by atoms with van der Waals surface area (Å²) in [6.07, 6.45) is 6.30. The summed E-state index contributed by atoms with van der Waals surface area (Å²) in [6, 6.07) is 11.1. The minimum absolute atomic E-state index is 0.00109. The van der Waals surface area contributed by atoms with Crippen LogP contribution in [0.1, 0.15) is 71.3 Å². The molecule has 1 atom stereocenters. The molecule has 1 spiro atoms.